The van der Waals surface area contributed by atoms with Crippen molar-refractivity contribution < 1.29 is 0 Å². The molecule has 0 heteroatoms. The summed E-state index contributed by atoms with van der Waals surface area (Å²) in [6.07, 6.45) is 9.49. The topological polar surface area (TPSA) is 0 Å². The molecule has 7 unspecified atom stereocenters. The second-order valence-electron chi connectivity index (χ2n) is 7.11. The van der Waals surface area contributed by atoms with E-state index in [2.05, 4.69) is 32.6 Å². The fourth-order valence-corrected chi connectivity index (χ4v) is 5.86. The zero-order chi connectivity index (χ0) is 11.1. The van der Waals surface area contributed by atoms with Crippen LogP contribution in [0.25, 0.3) is 0 Å². The lowest BCUT2D eigenvalue weighted by Gasteiger charge is -2.44. The van der Waals surface area contributed by atoms with Crippen molar-refractivity contribution in [3.63, 3.8) is 0 Å². The standard InChI is InChI=1S/C16H22/c1-9(2)16(3)8-12-7-13(16)15-11-5-4-10(6-11)14(12)15/h4-5,10-15H,1,6-8H2,2-3H3. The first-order chi connectivity index (χ1) is 7.61. The molecule has 4 aliphatic carbocycles. The van der Waals surface area contributed by atoms with E-state index in [0.29, 0.717) is 5.41 Å². The summed E-state index contributed by atoms with van der Waals surface area (Å²) < 4.78 is 0. The SMILES string of the molecule is C=C(C)C1(C)CC2CC1C1C3C=CC(C3)C21. The van der Waals surface area contributed by atoms with Crippen LogP contribution < -0.4 is 0 Å². The first-order valence-corrected chi connectivity index (χ1v) is 6.95. The summed E-state index contributed by atoms with van der Waals surface area (Å²) >= 11 is 0. The van der Waals surface area contributed by atoms with E-state index >= 15 is 0 Å². The maximum absolute atomic E-state index is 4.29. The molecular weight excluding hydrogens is 192 g/mol. The maximum Gasteiger partial charge on any atom is -0.00878 e. The van der Waals surface area contributed by atoms with E-state index < -0.39 is 0 Å². The summed E-state index contributed by atoms with van der Waals surface area (Å²) in [5, 5.41) is 0. The fraction of sp³-hybridized carbons (Fsp3) is 0.750. The van der Waals surface area contributed by atoms with Gasteiger partial charge in [0.25, 0.3) is 0 Å². The van der Waals surface area contributed by atoms with Gasteiger partial charge in [-0.15, -0.1) is 0 Å². The van der Waals surface area contributed by atoms with Gasteiger partial charge in [0.15, 0.2) is 0 Å². The van der Waals surface area contributed by atoms with E-state index in [9.17, 15) is 0 Å². The van der Waals surface area contributed by atoms with Crippen molar-refractivity contribution in [2.75, 3.05) is 0 Å². The smallest absolute Gasteiger partial charge is 0.00878 e. The summed E-state index contributed by atoms with van der Waals surface area (Å²) in [6, 6.07) is 0. The first-order valence-electron chi connectivity index (χ1n) is 6.95. The molecule has 0 aromatic carbocycles. The van der Waals surface area contributed by atoms with Crippen LogP contribution in [0.3, 0.4) is 0 Å². The van der Waals surface area contributed by atoms with Gasteiger partial charge in [-0.3, -0.25) is 0 Å². The highest BCUT2D eigenvalue weighted by Crippen LogP contribution is 2.71. The molecule has 0 amide bonds. The first kappa shape index (κ1) is 9.50. The Morgan fingerprint density at radius 1 is 1.19 bits per heavy atom. The minimum Gasteiger partial charge on any atom is -0.0996 e. The van der Waals surface area contributed by atoms with Gasteiger partial charge in [-0.05, 0) is 67.1 Å². The van der Waals surface area contributed by atoms with Gasteiger partial charge in [-0.1, -0.05) is 31.2 Å². The summed E-state index contributed by atoms with van der Waals surface area (Å²) in [6.45, 7) is 9.04. The predicted molar refractivity (Wildman–Crippen MR) is 66.9 cm³/mol. The third-order valence-electron chi connectivity index (χ3n) is 6.63. The fourth-order valence-electron chi connectivity index (χ4n) is 5.86. The van der Waals surface area contributed by atoms with Crippen molar-refractivity contribution in [1.29, 1.82) is 0 Å². The van der Waals surface area contributed by atoms with Gasteiger partial charge in [-0.2, -0.15) is 0 Å². The number of fused-ring (bicyclic) bond motifs is 9. The normalized spacial score (nSPS) is 60.6. The Morgan fingerprint density at radius 3 is 2.56 bits per heavy atom. The van der Waals surface area contributed by atoms with Crippen LogP contribution in [0.2, 0.25) is 0 Å². The summed E-state index contributed by atoms with van der Waals surface area (Å²) in [5.74, 6) is 5.96. The van der Waals surface area contributed by atoms with Crippen molar-refractivity contribution in [2.45, 2.75) is 33.1 Å². The molecule has 0 N–H and O–H groups in total. The largest absolute Gasteiger partial charge is 0.0996 e. The van der Waals surface area contributed by atoms with Crippen LogP contribution in [-0.4, -0.2) is 0 Å². The van der Waals surface area contributed by atoms with E-state index in [1.165, 1.54) is 24.8 Å². The highest BCUT2D eigenvalue weighted by Gasteiger charge is 2.64. The van der Waals surface area contributed by atoms with Crippen molar-refractivity contribution >= 4 is 0 Å². The van der Waals surface area contributed by atoms with Gasteiger partial charge in [0.05, 0.1) is 0 Å². The molecule has 4 bridgehead atoms. The van der Waals surface area contributed by atoms with Crippen LogP contribution >= 0.6 is 0 Å². The Bertz CT molecular complexity index is 391. The summed E-state index contributed by atoms with van der Waals surface area (Å²) in [7, 11) is 0. The minimum absolute atomic E-state index is 0.476. The quantitative estimate of drug-likeness (QED) is 0.456. The summed E-state index contributed by atoms with van der Waals surface area (Å²) in [4.78, 5) is 0. The van der Waals surface area contributed by atoms with Crippen LogP contribution in [0.15, 0.2) is 24.3 Å². The van der Waals surface area contributed by atoms with Crippen molar-refractivity contribution in [3.8, 4) is 0 Å². The molecule has 4 rings (SSSR count). The van der Waals surface area contributed by atoms with E-state index in [4.69, 9.17) is 0 Å². The average molecular weight is 214 g/mol. The number of hydrogen-bond acceptors (Lipinski definition) is 0. The van der Waals surface area contributed by atoms with Gasteiger partial charge in [0, 0.05) is 0 Å². The monoisotopic (exact) mass is 214 g/mol. The Labute approximate surface area is 98.8 Å². The van der Waals surface area contributed by atoms with Gasteiger partial charge in [0.1, 0.15) is 0 Å². The van der Waals surface area contributed by atoms with Gasteiger partial charge in [-0.25, -0.2) is 0 Å². The highest BCUT2D eigenvalue weighted by molar-refractivity contribution is 5.26. The van der Waals surface area contributed by atoms with Crippen LogP contribution in [0.5, 0.6) is 0 Å². The van der Waals surface area contributed by atoms with E-state index in [1.54, 1.807) is 0 Å². The van der Waals surface area contributed by atoms with Crippen molar-refractivity contribution in [3.05, 3.63) is 24.3 Å². The second-order valence-corrected chi connectivity index (χ2v) is 7.11. The highest BCUT2D eigenvalue weighted by atomic mass is 14.7. The molecule has 4 aliphatic rings. The third-order valence-corrected chi connectivity index (χ3v) is 6.63. The minimum atomic E-state index is 0.476. The molecule has 0 nitrogen and oxygen atoms in total. The molecule has 7 atom stereocenters. The van der Waals surface area contributed by atoms with E-state index in [1.807, 2.05) is 0 Å². The van der Waals surface area contributed by atoms with Gasteiger partial charge < -0.3 is 0 Å². The van der Waals surface area contributed by atoms with Crippen LogP contribution in [-0.2, 0) is 0 Å². The van der Waals surface area contributed by atoms with Crippen molar-refractivity contribution in [1.82, 2.24) is 0 Å². The Kier molecular flexibility index (Phi) is 1.58. The molecule has 3 saturated carbocycles. The van der Waals surface area contributed by atoms with Gasteiger partial charge in [0.2, 0.25) is 0 Å². The molecule has 0 radical (unpaired) electrons. The van der Waals surface area contributed by atoms with Gasteiger partial charge >= 0.3 is 0 Å². The molecule has 0 spiro atoms. The zero-order valence-electron chi connectivity index (χ0n) is 10.4. The Hall–Kier alpha value is -0.520. The van der Waals surface area contributed by atoms with Crippen LogP contribution in [0, 0.1) is 40.9 Å². The molecular formula is C16H22. The lowest BCUT2D eigenvalue weighted by molar-refractivity contribution is 0.103. The molecule has 0 aromatic rings. The maximum atomic E-state index is 4.29. The van der Waals surface area contributed by atoms with Crippen molar-refractivity contribution in [2.24, 2.45) is 40.9 Å². The number of rotatable bonds is 1. The molecule has 0 aliphatic heterocycles. The van der Waals surface area contributed by atoms with E-state index in [0.717, 1.165) is 35.5 Å². The molecule has 16 heavy (non-hydrogen) atoms. The molecule has 3 fully saturated rings. The zero-order valence-corrected chi connectivity index (χ0v) is 10.4. The molecule has 0 aromatic heterocycles. The number of hydrogen-bond donors (Lipinski definition) is 0. The Morgan fingerprint density at radius 2 is 1.88 bits per heavy atom. The Balaban J connectivity index is 1.76. The lowest BCUT2D eigenvalue weighted by atomic mass is 9.60. The average Bonchev–Trinajstić information content (AvgIpc) is 2.92. The summed E-state index contributed by atoms with van der Waals surface area (Å²) in [5.41, 5.74) is 1.93. The predicted octanol–water partition coefficient (Wildman–Crippen LogP) is 4.05. The lowest BCUT2D eigenvalue weighted by Crippen LogP contribution is -2.37. The van der Waals surface area contributed by atoms with Crippen LogP contribution in [0.1, 0.15) is 33.1 Å². The van der Waals surface area contributed by atoms with E-state index in [-0.39, 0.29) is 0 Å². The third kappa shape index (κ3) is 0.858. The van der Waals surface area contributed by atoms with Crippen LogP contribution in [0.4, 0.5) is 0 Å². The molecule has 0 heterocycles. The molecule has 86 valence electrons. The number of allylic oxidation sites excluding steroid dienone is 3. The second kappa shape index (κ2) is 2.66. The molecule has 0 saturated heterocycles.